The molecule has 43 heavy (non-hydrogen) atoms. The maximum absolute atomic E-state index is 15.5. The zero-order chi connectivity index (χ0) is 30.5. The van der Waals surface area contributed by atoms with Gasteiger partial charge >= 0.3 is 5.97 Å². The SMILES string of the molecule is CO[C@@H](CN)Cn1c(Cc2ccc(-c3cccc(OCc4ccc(C#N)cc4F)n3)cc2F)nc2ccc(C(=O)O)cc21. The molecule has 3 N–H and O–H groups in total. The Morgan fingerprint density at radius 3 is 2.53 bits per heavy atom. The zero-order valence-corrected chi connectivity index (χ0v) is 23.1. The molecule has 218 valence electrons. The lowest BCUT2D eigenvalue weighted by molar-refractivity contribution is 0.0697. The molecular formula is C32H27F2N5O4. The predicted molar refractivity (Wildman–Crippen MR) is 154 cm³/mol. The molecule has 5 aromatic rings. The summed E-state index contributed by atoms with van der Waals surface area (Å²) in [6.45, 7) is 0.449. The van der Waals surface area contributed by atoms with E-state index in [-0.39, 0.29) is 48.2 Å². The molecule has 0 spiro atoms. The van der Waals surface area contributed by atoms with Crippen molar-refractivity contribution in [3.05, 3.63) is 113 Å². The molecule has 2 aromatic heterocycles. The van der Waals surface area contributed by atoms with Crippen molar-refractivity contribution < 1.29 is 28.2 Å². The van der Waals surface area contributed by atoms with Crippen molar-refractivity contribution >= 4 is 17.0 Å². The normalized spacial score (nSPS) is 11.8. The van der Waals surface area contributed by atoms with Gasteiger partial charge in [0.1, 0.15) is 24.1 Å². The van der Waals surface area contributed by atoms with Crippen LogP contribution in [-0.4, -0.2) is 45.4 Å². The Morgan fingerprint density at radius 2 is 1.84 bits per heavy atom. The van der Waals surface area contributed by atoms with Crippen LogP contribution in [0.5, 0.6) is 5.88 Å². The average Bonchev–Trinajstić information content (AvgIpc) is 3.35. The average molecular weight is 584 g/mol. The molecule has 0 aliphatic rings. The summed E-state index contributed by atoms with van der Waals surface area (Å²) in [6.07, 6.45) is -0.220. The Labute approximate surface area is 245 Å². The lowest BCUT2D eigenvalue weighted by Gasteiger charge is -2.17. The van der Waals surface area contributed by atoms with Gasteiger partial charge in [0.15, 0.2) is 0 Å². The van der Waals surface area contributed by atoms with E-state index in [0.29, 0.717) is 40.2 Å². The van der Waals surface area contributed by atoms with Crippen LogP contribution in [0.1, 0.15) is 32.9 Å². The summed E-state index contributed by atoms with van der Waals surface area (Å²) in [5, 5.41) is 18.4. The number of hydrogen-bond donors (Lipinski definition) is 2. The van der Waals surface area contributed by atoms with Crippen LogP contribution in [0, 0.1) is 23.0 Å². The standard InChI is InChI=1S/C32H27F2N5O4/c1-42-24(16-36)17-39-29-13-22(32(40)41)9-10-28(29)37-30(39)14-20-7-8-21(12-26(20)34)27-3-2-4-31(38-27)43-18-23-6-5-19(15-35)11-25(23)33/h2-13,24H,14,16-18,36H2,1H3,(H,40,41)/t24-/m0/s1. The second kappa shape index (κ2) is 12.8. The minimum absolute atomic E-state index is 0.0929. The molecule has 0 unspecified atom stereocenters. The zero-order valence-electron chi connectivity index (χ0n) is 23.1. The van der Waals surface area contributed by atoms with Gasteiger partial charge in [-0.2, -0.15) is 5.26 Å². The van der Waals surface area contributed by atoms with Gasteiger partial charge in [-0.1, -0.05) is 24.3 Å². The van der Waals surface area contributed by atoms with Crippen molar-refractivity contribution in [3.63, 3.8) is 0 Å². The number of ether oxygens (including phenoxy) is 2. The Balaban J connectivity index is 1.39. The number of benzene rings is 3. The lowest BCUT2D eigenvalue weighted by atomic mass is 10.1. The van der Waals surface area contributed by atoms with E-state index in [1.165, 1.54) is 37.4 Å². The number of carbonyl (C=O) groups is 1. The number of pyridine rings is 1. The van der Waals surface area contributed by atoms with Crippen LogP contribution < -0.4 is 10.5 Å². The minimum Gasteiger partial charge on any atom is -0.478 e. The molecule has 5 rings (SSSR count). The Bertz CT molecular complexity index is 1850. The van der Waals surface area contributed by atoms with Gasteiger partial charge in [0.25, 0.3) is 0 Å². The summed E-state index contributed by atoms with van der Waals surface area (Å²) in [6, 6.07) is 20.4. The van der Waals surface area contributed by atoms with Crippen molar-refractivity contribution in [1.29, 1.82) is 5.26 Å². The quantitative estimate of drug-likeness (QED) is 0.220. The van der Waals surface area contributed by atoms with Gasteiger partial charge < -0.3 is 24.9 Å². The molecule has 0 radical (unpaired) electrons. The highest BCUT2D eigenvalue weighted by molar-refractivity contribution is 5.92. The Hall–Kier alpha value is -5.18. The van der Waals surface area contributed by atoms with Gasteiger partial charge in [0, 0.05) is 37.3 Å². The maximum Gasteiger partial charge on any atom is 0.335 e. The number of halogens is 2. The number of carboxylic acids is 1. The fourth-order valence-electron chi connectivity index (χ4n) is 4.66. The number of carboxylic acid groups (broad SMARTS) is 1. The summed E-state index contributed by atoms with van der Waals surface area (Å²) < 4.78 is 42.6. The number of rotatable bonds is 11. The fourth-order valence-corrected chi connectivity index (χ4v) is 4.66. The highest BCUT2D eigenvalue weighted by atomic mass is 19.1. The molecule has 0 amide bonds. The van der Waals surface area contributed by atoms with Crippen LogP contribution in [0.4, 0.5) is 8.78 Å². The first-order valence-corrected chi connectivity index (χ1v) is 13.3. The summed E-state index contributed by atoms with van der Waals surface area (Å²) in [5.74, 6) is -1.33. The molecule has 9 nitrogen and oxygen atoms in total. The number of fused-ring (bicyclic) bond motifs is 1. The Morgan fingerprint density at radius 1 is 1.05 bits per heavy atom. The number of hydrogen-bond acceptors (Lipinski definition) is 7. The van der Waals surface area contributed by atoms with Crippen molar-refractivity contribution in [2.45, 2.75) is 25.7 Å². The summed E-state index contributed by atoms with van der Waals surface area (Å²) in [7, 11) is 1.54. The van der Waals surface area contributed by atoms with Crippen molar-refractivity contribution in [2.24, 2.45) is 5.73 Å². The van der Waals surface area contributed by atoms with Gasteiger partial charge in [-0.25, -0.2) is 23.5 Å². The number of nitriles is 1. The minimum atomic E-state index is -1.07. The van der Waals surface area contributed by atoms with Crippen molar-refractivity contribution in [3.8, 4) is 23.2 Å². The largest absolute Gasteiger partial charge is 0.478 e. The molecule has 0 bridgehead atoms. The van der Waals surface area contributed by atoms with E-state index in [9.17, 15) is 14.3 Å². The van der Waals surface area contributed by atoms with Crippen LogP contribution in [-0.2, 0) is 24.3 Å². The number of methoxy groups -OCH3 is 1. The van der Waals surface area contributed by atoms with Crippen molar-refractivity contribution in [1.82, 2.24) is 14.5 Å². The molecule has 0 saturated carbocycles. The topological polar surface area (TPSA) is 136 Å². The third kappa shape index (κ3) is 6.51. The molecule has 0 aliphatic carbocycles. The third-order valence-corrected chi connectivity index (χ3v) is 7.04. The second-order valence-corrected chi connectivity index (χ2v) is 9.79. The first kappa shape index (κ1) is 29.3. The maximum atomic E-state index is 15.5. The van der Waals surface area contributed by atoms with Gasteiger partial charge in [-0.15, -0.1) is 0 Å². The van der Waals surface area contributed by atoms with E-state index in [0.717, 1.165) is 6.07 Å². The van der Waals surface area contributed by atoms with Gasteiger partial charge in [0.2, 0.25) is 5.88 Å². The summed E-state index contributed by atoms with van der Waals surface area (Å²) in [5.41, 5.74) is 8.95. The Kier molecular flexibility index (Phi) is 8.71. The predicted octanol–water partition coefficient (Wildman–Crippen LogP) is 5.09. The molecule has 2 heterocycles. The van der Waals surface area contributed by atoms with Gasteiger partial charge in [0.05, 0.1) is 46.6 Å². The molecule has 0 aliphatic heterocycles. The van der Waals surface area contributed by atoms with E-state index >= 15 is 4.39 Å². The third-order valence-electron chi connectivity index (χ3n) is 7.04. The second-order valence-electron chi connectivity index (χ2n) is 9.79. The summed E-state index contributed by atoms with van der Waals surface area (Å²) in [4.78, 5) is 20.7. The molecule has 0 fully saturated rings. The van der Waals surface area contributed by atoms with Gasteiger partial charge in [-0.3, -0.25) is 0 Å². The van der Waals surface area contributed by atoms with Crippen LogP contribution in [0.25, 0.3) is 22.3 Å². The van der Waals surface area contributed by atoms with Gasteiger partial charge in [-0.05, 0) is 48.0 Å². The lowest BCUT2D eigenvalue weighted by Crippen LogP contribution is -2.28. The summed E-state index contributed by atoms with van der Waals surface area (Å²) >= 11 is 0. The van der Waals surface area contributed by atoms with E-state index in [2.05, 4.69) is 9.97 Å². The number of aromatic carboxylic acids is 1. The van der Waals surface area contributed by atoms with E-state index in [1.807, 2.05) is 10.6 Å². The monoisotopic (exact) mass is 583 g/mol. The number of imidazole rings is 1. The fraction of sp³-hybridized carbons (Fsp3) is 0.188. The van der Waals surface area contributed by atoms with Crippen LogP contribution in [0.3, 0.4) is 0 Å². The van der Waals surface area contributed by atoms with Crippen molar-refractivity contribution in [2.75, 3.05) is 13.7 Å². The molecule has 0 saturated heterocycles. The van der Waals surface area contributed by atoms with E-state index < -0.39 is 17.6 Å². The highest BCUT2D eigenvalue weighted by Gasteiger charge is 2.19. The highest BCUT2D eigenvalue weighted by Crippen LogP contribution is 2.26. The van der Waals surface area contributed by atoms with Crippen LogP contribution >= 0.6 is 0 Å². The number of nitrogens with zero attached hydrogens (tertiary/aromatic N) is 4. The first-order valence-electron chi connectivity index (χ1n) is 13.3. The van der Waals surface area contributed by atoms with Crippen LogP contribution in [0.15, 0.2) is 72.8 Å². The molecular weight excluding hydrogens is 556 g/mol. The number of aromatic nitrogens is 3. The molecule has 11 heteroatoms. The van der Waals surface area contributed by atoms with E-state index in [4.69, 9.17) is 20.5 Å². The molecule has 1 atom stereocenters. The van der Waals surface area contributed by atoms with Crippen LogP contribution in [0.2, 0.25) is 0 Å². The molecule has 3 aromatic carbocycles. The van der Waals surface area contributed by atoms with E-state index in [1.54, 1.807) is 36.4 Å². The smallest absolute Gasteiger partial charge is 0.335 e. The first-order chi connectivity index (χ1) is 20.8. The number of nitrogens with two attached hydrogens (primary N) is 1.